The lowest BCUT2D eigenvalue weighted by Gasteiger charge is -2.28. The summed E-state index contributed by atoms with van der Waals surface area (Å²) in [5, 5.41) is 2.75. The van der Waals surface area contributed by atoms with Crippen LogP contribution in [0.1, 0.15) is 38.5 Å². The summed E-state index contributed by atoms with van der Waals surface area (Å²) in [4.78, 5) is 25.1. The lowest BCUT2D eigenvalue weighted by molar-refractivity contribution is -0.135. The van der Waals surface area contributed by atoms with Crippen LogP contribution in [-0.2, 0) is 9.59 Å². The molecule has 4 nitrogen and oxygen atoms in total. The van der Waals surface area contributed by atoms with Crippen LogP contribution in [0.3, 0.4) is 0 Å². The molecule has 2 fully saturated rings. The highest BCUT2D eigenvalue weighted by Gasteiger charge is 2.26. The number of carbonyl (C=O) groups is 2. The second-order valence-electron chi connectivity index (χ2n) is 4.79. The molecule has 0 bridgehead atoms. The number of amides is 2. The Morgan fingerprint density at radius 2 is 1.75 bits per heavy atom. The minimum Gasteiger partial charge on any atom is -0.347 e. The summed E-state index contributed by atoms with van der Waals surface area (Å²) in [6.07, 6.45) is 6.55. The Hall–Kier alpha value is -1.06. The first-order valence-electron chi connectivity index (χ1n) is 6.33. The molecule has 1 saturated carbocycles. The third-order valence-electron chi connectivity index (χ3n) is 3.60. The summed E-state index contributed by atoms with van der Waals surface area (Å²) in [6.45, 7) is 1.91. The third-order valence-corrected chi connectivity index (χ3v) is 3.60. The number of hydrogen-bond acceptors (Lipinski definition) is 2. The van der Waals surface area contributed by atoms with E-state index in [4.69, 9.17) is 0 Å². The number of carbonyl (C=O) groups excluding carboxylic acids is 2. The van der Waals surface area contributed by atoms with Crippen molar-refractivity contribution in [2.45, 2.75) is 38.5 Å². The predicted molar refractivity (Wildman–Crippen MR) is 60.8 cm³/mol. The Morgan fingerprint density at radius 3 is 2.31 bits per heavy atom. The number of nitrogens with one attached hydrogen (secondary N) is 1. The molecule has 1 aliphatic heterocycles. The van der Waals surface area contributed by atoms with Gasteiger partial charge in [0.05, 0.1) is 6.54 Å². The quantitative estimate of drug-likeness (QED) is 0.775. The van der Waals surface area contributed by atoms with Gasteiger partial charge < -0.3 is 10.2 Å². The van der Waals surface area contributed by atoms with Gasteiger partial charge in [0.2, 0.25) is 11.8 Å². The van der Waals surface area contributed by atoms with Crippen LogP contribution in [0, 0.1) is 5.92 Å². The molecule has 1 saturated heterocycles. The Kier molecular flexibility index (Phi) is 3.80. The molecule has 1 aliphatic carbocycles. The van der Waals surface area contributed by atoms with E-state index in [0.717, 1.165) is 45.2 Å². The van der Waals surface area contributed by atoms with Gasteiger partial charge >= 0.3 is 0 Å². The Morgan fingerprint density at radius 1 is 1.06 bits per heavy atom. The average Bonchev–Trinajstić information content (AvgIpc) is 2.25. The molecular formula is C12H20N2O2. The van der Waals surface area contributed by atoms with Crippen molar-refractivity contribution in [2.24, 2.45) is 5.92 Å². The van der Waals surface area contributed by atoms with Gasteiger partial charge in [0.15, 0.2) is 0 Å². The molecule has 0 atom stereocenters. The second-order valence-corrected chi connectivity index (χ2v) is 4.79. The molecular weight excluding hydrogens is 204 g/mol. The molecule has 2 aliphatic rings. The van der Waals surface area contributed by atoms with Crippen LogP contribution in [0.15, 0.2) is 0 Å². The summed E-state index contributed by atoms with van der Waals surface area (Å²) >= 11 is 0. The topological polar surface area (TPSA) is 49.4 Å². The summed E-state index contributed by atoms with van der Waals surface area (Å²) in [5.74, 6) is 0.318. The highest BCUT2D eigenvalue weighted by atomic mass is 16.2. The standard InChI is InChI=1S/C12H20N2O2/c15-11(14-7-2-1-3-8-14)9-13-12(16)10-5-4-6-10/h10H,1-9H2,(H,13,16). The zero-order valence-corrected chi connectivity index (χ0v) is 9.71. The average molecular weight is 224 g/mol. The van der Waals surface area contributed by atoms with Crippen LogP contribution >= 0.6 is 0 Å². The summed E-state index contributed by atoms with van der Waals surface area (Å²) in [7, 11) is 0. The molecule has 2 amide bonds. The van der Waals surface area contributed by atoms with Crippen molar-refractivity contribution in [3.63, 3.8) is 0 Å². The fourth-order valence-corrected chi connectivity index (χ4v) is 2.23. The van der Waals surface area contributed by atoms with Gasteiger partial charge in [-0.15, -0.1) is 0 Å². The molecule has 1 heterocycles. The van der Waals surface area contributed by atoms with Gasteiger partial charge in [0, 0.05) is 19.0 Å². The van der Waals surface area contributed by atoms with Crippen LogP contribution in [0.2, 0.25) is 0 Å². The largest absolute Gasteiger partial charge is 0.347 e. The molecule has 0 aromatic heterocycles. The SMILES string of the molecule is O=C(NCC(=O)N1CCCCC1)C1CCC1. The molecule has 90 valence electrons. The minimum atomic E-state index is 0.0663. The number of rotatable bonds is 3. The number of hydrogen-bond donors (Lipinski definition) is 1. The summed E-state index contributed by atoms with van der Waals surface area (Å²) < 4.78 is 0. The van der Waals surface area contributed by atoms with Gasteiger partial charge in [0.1, 0.15) is 0 Å². The van der Waals surface area contributed by atoms with Crippen molar-refractivity contribution in [3.8, 4) is 0 Å². The van der Waals surface area contributed by atoms with Crippen molar-refractivity contribution in [3.05, 3.63) is 0 Å². The molecule has 16 heavy (non-hydrogen) atoms. The second kappa shape index (κ2) is 5.32. The molecule has 4 heteroatoms. The molecule has 0 radical (unpaired) electrons. The predicted octanol–water partition coefficient (Wildman–Crippen LogP) is 0.915. The van der Waals surface area contributed by atoms with Crippen molar-refractivity contribution in [1.29, 1.82) is 0 Å². The lowest BCUT2D eigenvalue weighted by atomic mass is 9.85. The molecule has 2 rings (SSSR count). The van der Waals surface area contributed by atoms with E-state index in [1.807, 2.05) is 4.90 Å². The maximum absolute atomic E-state index is 11.7. The zero-order valence-electron chi connectivity index (χ0n) is 9.71. The molecule has 0 unspecified atom stereocenters. The highest BCUT2D eigenvalue weighted by molar-refractivity contribution is 5.86. The van der Waals surface area contributed by atoms with Crippen LogP contribution in [-0.4, -0.2) is 36.3 Å². The van der Waals surface area contributed by atoms with Crippen LogP contribution in [0.5, 0.6) is 0 Å². The number of likely N-dealkylation sites (tertiary alicyclic amines) is 1. The first-order chi connectivity index (χ1) is 7.77. The maximum atomic E-state index is 11.7. The van der Waals surface area contributed by atoms with Gasteiger partial charge in [-0.1, -0.05) is 6.42 Å². The molecule has 0 aromatic rings. The Labute approximate surface area is 96.4 Å². The normalized spacial score (nSPS) is 21.4. The van der Waals surface area contributed by atoms with Crippen molar-refractivity contribution >= 4 is 11.8 Å². The van der Waals surface area contributed by atoms with Gasteiger partial charge in [-0.25, -0.2) is 0 Å². The maximum Gasteiger partial charge on any atom is 0.241 e. The fraction of sp³-hybridized carbons (Fsp3) is 0.833. The van der Waals surface area contributed by atoms with Gasteiger partial charge in [0.25, 0.3) is 0 Å². The third kappa shape index (κ3) is 2.74. The molecule has 0 spiro atoms. The van der Waals surface area contributed by atoms with E-state index in [1.54, 1.807) is 0 Å². The summed E-state index contributed by atoms with van der Waals surface area (Å²) in [5.41, 5.74) is 0. The van der Waals surface area contributed by atoms with Gasteiger partial charge in [-0.05, 0) is 32.1 Å². The van der Waals surface area contributed by atoms with E-state index in [-0.39, 0.29) is 24.3 Å². The van der Waals surface area contributed by atoms with E-state index in [2.05, 4.69) is 5.32 Å². The van der Waals surface area contributed by atoms with Crippen LogP contribution in [0.4, 0.5) is 0 Å². The first-order valence-corrected chi connectivity index (χ1v) is 6.33. The Bertz CT molecular complexity index is 268. The smallest absolute Gasteiger partial charge is 0.241 e. The van der Waals surface area contributed by atoms with Gasteiger partial charge in [-0.2, -0.15) is 0 Å². The first kappa shape index (κ1) is 11.4. The highest BCUT2D eigenvalue weighted by Crippen LogP contribution is 2.26. The van der Waals surface area contributed by atoms with E-state index in [0.29, 0.717) is 0 Å². The number of nitrogens with zero attached hydrogens (tertiary/aromatic N) is 1. The van der Waals surface area contributed by atoms with E-state index >= 15 is 0 Å². The van der Waals surface area contributed by atoms with E-state index in [1.165, 1.54) is 6.42 Å². The minimum absolute atomic E-state index is 0.0663. The van der Waals surface area contributed by atoms with Crippen LogP contribution in [0.25, 0.3) is 0 Å². The fourth-order valence-electron chi connectivity index (χ4n) is 2.23. The zero-order chi connectivity index (χ0) is 11.4. The number of piperidine rings is 1. The lowest BCUT2D eigenvalue weighted by Crippen LogP contribution is -2.44. The van der Waals surface area contributed by atoms with Crippen molar-refractivity contribution < 1.29 is 9.59 Å². The summed E-state index contributed by atoms with van der Waals surface area (Å²) in [6, 6.07) is 0. The van der Waals surface area contributed by atoms with Gasteiger partial charge in [-0.3, -0.25) is 9.59 Å². The Balaban J connectivity index is 1.67. The van der Waals surface area contributed by atoms with Crippen molar-refractivity contribution in [1.82, 2.24) is 10.2 Å². The van der Waals surface area contributed by atoms with E-state index in [9.17, 15) is 9.59 Å². The van der Waals surface area contributed by atoms with E-state index < -0.39 is 0 Å². The van der Waals surface area contributed by atoms with Crippen LogP contribution < -0.4 is 5.32 Å². The monoisotopic (exact) mass is 224 g/mol. The molecule has 0 aromatic carbocycles. The molecule has 1 N–H and O–H groups in total. The van der Waals surface area contributed by atoms with Crippen molar-refractivity contribution in [2.75, 3.05) is 19.6 Å².